The van der Waals surface area contributed by atoms with Crippen molar-refractivity contribution in [1.29, 1.82) is 0 Å². The second kappa shape index (κ2) is 8.90. The maximum Gasteiger partial charge on any atom is 0.247 e. The highest BCUT2D eigenvalue weighted by atomic mass is 16.3. The Morgan fingerprint density at radius 2 is 2.03 bits per heavy atom. The average Bonchev–Trinajstić information content (AvgIpc) is 3.25. The molecular weight excluding hydrogens is 378 g/mol. The third kappa shape index (κ3) is 4.74. The standard InChI is InChI=1S/C23H25N5O2/c1-16-7-5-10-21(24-16)27-22-15-19(25-17(2)26-22)20-9-3-4-13-28(20)23(29)12-11-18-8-6-14-30-18/h5-8,10-12,14-15,20H,3-4,9,13H2,1-2H3,(H,24,25,26,27)/b12-11+. The van der Waals surface area contributed by atoms with E-state index < -0.39 is 0 Å². The van der Waals surface area contributed by atoms with Gasteiger partial charge in [0.2, 0.25) is 5.91 Å². The van der Waals surface area contributed by atoms with Crippen molar-refractivity contribution in [1.82, 2.24) is 19.9 Å². The lowest BCUT2D eigenvalue weighted by Gasteiger charge is -2.35. The van der Waals surface area contributed by atoms with Gasteiger partial charge < -0.3 is 14.6 Å². The van der Waals surface area contributed by atoms with E-state index in [0.717, 1.165) is 36.5 Å². The van der Waals surface area contributed by atoms with Crippen molar-refractivity contribution in [2.24, 2.45) is 0 Å². The lowest BCUT2D eigenvalue weighted by atomic mass is 9.98. The van der Waals surface area contributed by atoms with E-state index in [1.807, 2.05) is 49.1 Å². The number of aromatic nitrogens is 3. The fourth-order valence-corrected chi connectivity index (χ4v) is 3.71. The molecular formula is C23H25N5O2. The molecule has 0 bridgehead atoms. The molecule has 4 heterocycles. The van der Waals surface area contributed by atoms with Crippen molar-refractivity contribution in [2.45, 2.75) is 39.2 Å². The van der Waals surface area contributed by atoms with Gasteiger partial charge in [-0.2, -0.15) is 0 Å². The zero-order chi connectivity index (χ0) is 20.9. The molecule has 1 unspecified atom stereocenters. The zero-order valence-corrected chi connectivity index (χ0v) is 17.2. The maximum atomic E-state index is 12.9. The van der Waals surface area contributed by atoms with E-state index in [4.69, 9.17) is 4.42 Å². The highest BCUT2D eigenvalue weighted by Gasteiger charge is 2.28. The number of furan rings is 1. The number of likely N-dealkylation sites (tertiary alicyclic amines) is 1. The molecule has 1 saturated heterocycles. The molecule has 1 atom stereocenters. The molecule has 0 radical (unpaired) electrons. The number of nitrogens with zero attached hydrogens (tertiary/aromatic N) is 4. The lowest BCUT2D eigenvalue weighted by Crippen LogP contribution is -2.38. The first kappa shape index (κ1) is 19.8. The summed E-state index contributed by atoms with van der Waals surface area (Å²) in [5.74, 6) is 2.69. The van der Waals surface area contributed by atoms with Gasteiger partial charge in [-0.05, 0) is 63.5 Å². The first-order valence-electron chi connectivity index (χ1n) is 10.2. The van der Waals surface area contributed by atoms with Gasteiger partial charge in [-0.15, -0.1) is 0 Å². The van der Waals surface area contributed by atoms with Crippen LogP contribution >= 0.6 is 0 Å². The van der Waals surface area contributed by atoms with Crippen LogP contribution in [0.15, 0.2) is 53.2 Å². The molecule has 154 valence electrons. The number of rotatable bonds is 5. The summed E-state index contributed by atoms with van der Waals surface area (Å²) >= 11 is 0. The molecule has 30 heavy (non-hydrogen) atoms. The smallest absolute Gasteiger partial charge is 0.247 e. The normalized spacial score (nSPS) is 16.7. The number of pyridine rings is 1. The van der Waals surface area contributed by atoms with Crippen molar-refractivity contribution >= 4 is 23.6 Å². The number of hydrogen-bond donors (Lipinski definition) is 1. The number of carbonyl (C=O) groups excluding carboxylic acids is 1. The van der Waals surface area contributed by atoms with Crippen LogP contribution < -0.4 is 5.32 Å². The number of amides is 1. The fourth-order valence-electron chi connectivity index (χ4n) is 3.71. The molecule has 3 aromatic heterocycles. The van der Waals surface area contributed by atoms with Gasteiger partial charge in [-0.3, -0.25) is 4.79 Å². The van der Waals surface area contributed by atoms with Gasteiger partial charge in [0.25, 0.3) is 0 Å². The van der Waals surface area contributed by atoms with E-state index in [-0.39, 0.29) is 11.9 Å². The van der Waals surface area contributed by atoms with Crippen molar-refractivity contribution in [3.8, 4) is 0 Å². The molecule has 1 aliphatic heterocycles. The summed E-state index contributed by atoms with van der Waals surface area (Å²) in [5, 5.41) is 3.26. The Kier molecular flexibility index (Phi) is 5.88. The summed E-state index contributed by atoms with van der Waals surface area (Å²) < 4.78 is 5.29. The maximum absolute atomic E-state index is 12.9. The minimum absolute atomic E-state index is 0.0396. The molecule has 0 aromatic carbocycles. The van der Waals surface area contributed by atoms with Crippen molar-refractivity contribution in [3.63, 3.8) is 0 Å². The van der Waals surface area contributed by atoms with Crippen LogP contribution in [0.25, 0.3) is 6.08 Å². The SMILES string of the molecule is Cc1cccc(Nc2cc(C3CCCCN3C(=O)/C=C/c3ccco3)nc(C)n2)n1. The monoisotopic (exact) mass is 403 g/mol. The number of piperidine rings is 1. The quantitative estimate of drug-likeness (QED) is 0.627. The Morgan fingerprint density at radius 1 is 1.13 bits per heavy atom. The highest BCUT2D eigenvalue weighted by molar-refractivity contribution is 5.91. The van der Waals surface area contributed by atoms with Crippen LogP contribution in [0.1, 0.15) is 48.3 Å². The second-order valence-electron chi connectivity index (χ2n) is 7.41. The lowest BCUT2D eigenvalue weighted by molar-refractivity contribution is -0.129. The summed E-state index contributed by atoms with van der Waals surface area (Å²) in [5.41, 5.74) is 1.77. The molecule has 4 rings (SSSR count). The van der Waals surface area contributed by atoms with Crippen LogP contribution in [-0.4, -0.2) is 32.3 Å². The third-order valence-electron chi connectivity index (χ3n) is 5.06. The van der Waals surface area contributed by atoms with Crippen LogP contribution in [0, 0.1) is 13.8 Å². The van der Waals surface area contributed by atoms with E-state index >= 15 is 0 Å². The molecule has 7 heteroatoms. The van der Waals surface area contributed by atoms with Gasteiger partial charge in [0, 0.05) is 24.4 Å². The van der Waals surface area contributed by atoms with Crippen LogP contribution in [0.5, 0.6) is 0 Å². The van der Waals surface area contributed by atoms with Gasteiger partial charge in [0.05, 0.1) is 18.0 Å². The summed E-state index contributed by atoms with van der Waals surface area (Å²) in [6, 6.07) is 11.3. The Bertz CT molecular complexity index is 1050. The van der Waals surface area contributed by atoms with Crippen LogP contribution in [0.2, 0.25) is 0 Å². The summed E-state index contributed by atoms with van der Waals surface area (Å²) in [6.07, 6.45) is 7.78. The van der Waals surface area contributed by atoms with E-state index in [1.54, 1.807) is 24.5 Å². The zero-order valence-electron chi connectivity index (χ0n) is 17.2. The minimum Gasteiger partial charge on any atom is -0.465 e. The van der Waals surface area contributed by atoms with Crippen LogP contribution in [-0.2, 0) is 4.79 Å². The predicted octanol–water partition coefficient (Wildman–Crippen LogP) is 4.59. The number of anilines is 2. The summed E-state index contributed by atoms with van der Waals surface area (Å²) in [7, 11) is 0. The van der Waals surface area contributed by atoms with Crippen molar-refractivity contribution < 1.29 is 9.21 Å². The summed E-state index contributed by atoms with van der Waals surface area (Å²) in [4.78, 5) is 28.4. The molecule has 0 spiro atoms. The molecule has 0 aliphatic carbocycles. The number of hydrogen-bond acceptors (Lipinski definition) is 6. The van der Waals surface area contributed by atoms with Crippen LogP contribution in [0.3, 0.4) is 0 Å². The van der Waals surface area contributed by atoms with Gasteiger partial charge >= 0.3 is 0 Å². The van der Waals surface area contributed by atoms with E-state index in [1.165, 1.54) is 0 Å². The van der Waals surface area contributed by atoms with Gasteiger partial charge in [0.1, 0.15) is 23.2 Å². The van der Waals surface area contributed by atoms with Crippen molar-refractivity contribution in [3.05, 3.63) is 71.7 Å². The molecule has 0 saturated carbocycles. The first-order chi connectivity index (χ1) is 14.6. The minimum atomic E-state index is -0.0831. The van der Waals surface area contributed by atoms with Crippen molar-refractivity contribution in [2.75, 3.05) is 11.9 Å². The molecule has 3 aromatic rings. The third-order valence-corrected chi connectivity index (χ3v) is 5.06. The predicted molar refractivity (Wildman–Crippen MR) is 115 cm³/mol. The molecule has 7 nitrogen and oxygen atoms in total. The van der Waals surface area contributed by atoms with Gasteiger partial charge in [-0.1, -0.05) is 6.07 Å². The Hall–Kier alpha value is -3.48. The molecule has 1 amide bonds. The molecule has 1 aliphatic rings. The van der Waals surface area contributed by atoms with E-state index in [0.29, 0.717) is 23.9 Å². The summed E-state index contributed by atoms with van der Waals surface area (Å²) in [6.45, 7) is 4.52. The fraction of sp³-hybridized carbons (Fsp3) is 0.304. The van der Waals surface area contributed by atoms with E-state index in [9.17, 15) is 4.79 Å². The van der Waals surface area contributed by atoms with Gasteiger partial charge in [-0.25, -0.2) is 15.0 Å². The number of nitrogens with one attached hydrogen (secondary N) is 1. The van der Waals surface area contributed by atoms with Gasteiger partial charge in [0.15, 0.2) is 0 Å². The molecule has 1 fully saturated rings. The van der Waals surface area contributed by atoms with Crippen LogP contribution in [0.4, 0.5) is 11.6 Å². The highest BCUT2D eigenvalue weighted by Crippen LogP contribution is 2.31. The first-order valence-corrected chi connectivity index (χ1v) is 10.2. The van der Waals surface area contributed by atoms with E-state index in [2.05, 4.69) is 20.3 Å². The number of aryl methyl sites for hydroxylation is 2. The second-order valence-corrected chi connectivity index (χ2v) is 7.41. The molecule has 1 N–H and O–H groups in total. The average molecular weight is 403 g/mol. The largest absolute Gasteiger partial charge is 0.465 e. The number of carbonyl (C=O) groups is 1. The topological polar surface area (TPSA) is 84.2 Å². The Labute approximate surface area is 175 Å². The Morgan fingerprint density at radius 3 is 2.83 bits per heavy atom. The Balaban J connectivity index is 1.57.